The first-order valence-corrected chi connectivity index (χ1v) is 9.84. The highest BCUT2D eigenvalue weighted by molar-refractivity contribution is 9.10. The number of aryl methyl sites for hydroxylation is 1. The third-order valence-electron chi connectivity index (χ3n) is 3.80. The van der Waals surface area contributed by atoms with Crippen molar-refractivity contribution in [2.45, 2.75) is 25.0 Å². The van der Waals surface area contributed by atoms with E-state index in [0.717, 1.165) is 21.3 Å². The number of aromatic nitrogens is 4. The lowest BCUT2D eigenvalue weighted by atomic mass is 10.1. The Balaban J connectivity index is 1.59. The molecule has 0 saturated carbocycles. The van der Waals surface area contributed by atoms with Crippen LogP contribution in [0.25, 0.3) is 5.69 Å². The predicted molar refractivity (Wildman–Crippen MR) is 105 cm³/mol. The van der Waals surface area contributed by atoms with Gasteiger partial charge in [-0.05, 0) is 54.1 Å². The Kier molecular flexibility index (Phi) is 6.05. The molecule has 0 fully saturated rings. The maximum absolute atomic E-state index is 12.3. The van der Waals surface area contributed by atoms with Crippen LogP contribution < -0.4 is 5.32 Å². The molecule has 3 rings (SSSR count). The molecule has 0 radical (unpaired) electrons. The fourth-order valence-electron chi connectivity index (χ4n) is 2.36. The van der Waals surface area contributed by atoms with Crippen molar-refractivity contribution in [3.63, 3.8) is 0 Å². The Hall–Kier alpha value is -2.19. The molecule has 1 aromatic heterocycles. The summed E-state index contributed by atoms with van der Waals surface area (Å²) in [5.41, 5.74) is 3.08. The second kappa shape index (κ2) is 8.46. The van der Waals surface area contributed by atoms with Crippen LogP contribution in [0.3, 0.4) is 0 Å². The Bertz CT molecular complexity index is 879. The van der Waals surface area contributed by atoms with E-state index in [9.17, 15) is 4.79 Å². The predicted octanol–water partition coefficient (Wildman–Crippen LogP) is 3.70. The number of benzene rings is 2. The van der Waals surface area contributed by atoms with Gasteiger partial charge in [-0.2, -0.15) is 4.68 Å². The molecule has 26 heavy (non-hydrogen) atoms. The van der Waals surface area contributed by atoms with Gasteiger partial charge in [-0.15, -0.1) is 5.10 Å². The summed E-state index contributed by atoms with van der Waals surface area (Å²) in [5, 5.41) is 15.3. The van der Waals surface area contributed by atoms with E-state index in [1.165, 1.54) is 11.8 Å². The maximum atomic E-state index is 12.3. The van der Waals surface area contributed by atoms with Gasteiger partial charge in [0.15, 0.2) is 0 Å². The minimum atomic E-state index is -0.0659. The van der Waals surface area contributed by atoms with E-state index in [0.29, 0.717) is 5.16 Å². The lowest BCUT2D eigenvalue weighted by Crippen LogP contribution is -2.28. The molecule has 8 heteroatoms. The van der Waals surface area contributed by atoms with Crippen LogP contribution in [0, 0.1) is 6.92 Å². The van der Waals surface area contributed by atoms with Crippen LogP contribution in [0.5, 0.6) is 0 Å². The smallest absolute Gasteiger partial charge is 0.230 e. The molecular formula is C18H18BrN5OS. The van der Waals surface area contributed by atoms with E-state index in [1.54, 1.807) is 4.68 Å². The zero-order valence-corrected chi connectivity index (χ0v) is 16.8. The molecule has 1 heterocycles. The number of nitrogens with zero attached hydrogens (tertiary/aromatic N) is 4. The van der Waals surface area contributed by atoms with Crippen molar-refractivity contribution in [1.29, 1.82) is 0 Å². The van der Waals surface area contributed by atoms with Gasteiger partial charge in [-0.1, -0.05) is 57.5 Å². The molecule has 1 atom stereocenters. The fourth-order valence-corrected chi connectivity index (χ4v) is 3.33. The average molecular weight is 432 g/mol. The molecule has 3 aromatic rings. The first-order chi connectivity index (χ1) is 12.5. The monoisotopic (exact) mass is 431 g/mol. The number of amides is 1. The maximum Gasteiger partial charge on any atom is 0.230 e. The van der Waals surface area contributed by atoms with Gasteiger partial charge in [0.1, 0.15) is 0 Å². The summed E-state index contributed by atoms with van der Waals surface area (Å²) in [6, 6.07) is 15.7. The third-order valence-corrected chi connectivity index (χ3v) is 5.25. The summed E-state index contributed by atoms with van der Waals surface area (Å²) in [5.74, 6) is 0.177. The molecule has 0 saturated heterocycles. The van der Waals surface area contributed by atoms with Gasteiger partial charge < -0.3 is 5.32 Å². The Morgan fingerprint density at radius 3 is 2.58 bits per heavy atom. The van der Waals surface area contributed by atoms with Crippen LogP contribution in [0.2, 0.25) is 0 Å². The molecule has 1 unspecified atom stereocenters. The molecule has 2 aromatic carbocycles. The lowest BCUT2D eigenvalue weighted by molar-refractivity contribution is -0.119. The number of rotatable bonds is 6. The molecule has 6 nitrogen and oxygen atoms in total. The van der Waals surface area contributed by atoms with Crippen LogP contribution in [-0.4, -0.2) is 31.9 Å². The van der Waals surface area contributed by atoms with Gasteiger partial charge >= 0.3 is 0 Å². The number of tetrazole rings is 1. The van der Waals surface area contributed by atoms with Crippen LogP contribution in [-0.2, 0) is 4.79 Å². The van der Waals surface area contributed by atoms with Crippen molar-refractivity contribution in [1.82, 2.24) is 25.5 Å². The highest BCUT2D eigenvalue weighted by Gasteiger charge is 2.14. The van der Waals surface area contributed by atoms with Crippen LogP contribution >= 0.6 is 27.7 Å². The van der Waals surface area contributed by atoms with Gasteiger partial charge in [0.25, 0.3) is 0 Å². The van der Waals surface area contributed by atoms with Crippen LogP contribution in [0.1, 0.15) is 24.1 Å². The van der Waals surface area contributed by atoms with Crippen molar-refractivity contribution in [3.05, 3.63) is 64.1 Å². The first kappa shape index (κ1) is 18.6. The van der Waals surface area contributed by atoms with Crippen LogP contribution in [0.15, 0.2) is 58.2 Å². The molecule has 134 valence electrons. The van der Waals surface area contributed by atoms with Gasteiger partial charge in [0.05, 0.1) is 17.5 Å². The van der Waals surface area contributed by atoms with E-state index >= 15 is 0 Å². The summed E-state index contributed by atoms with van der Waals surface area (Å²) in [6.45, 7) is 3.98. The van der Waals surface area contributed by atoms with Gasteiger partial charge in [-0.25, -0.2) is 0 Å². The number of carbonyl (C=O) groups is 1. The summed E-state index contributed by atoms with van der Waals surface area (Å²) < 4.78 is 2.65. The second-order valence-corrected chi connectivity index (χ2v) is 7.70. The number of nitrogens with one attached hydrogen (secondary N) is 1. The largest absolute Gasteiger partial charge is 0.349 e. The molecule has 0 spiro atoms. The van der Waals surface area contributed by atoms with Crippen molar-refractivity contribution >= 4 is 33.6 Å². The summed E-state index contributed by atoms with van der Waals surface area (Å²) in [7, 11) is 0. The number of thioether (sulfide) groups is 1. The van der Waals surface area contributed by atoms with E-state index in [4.69, 9.17) is 0 Å². The number of hydrogen-bond acceptors (Lipinski definition) is 5. The Morgan fingerprint density at radius 2 is 1.88 bits per heavy atom. The first-order valence-electron chi connectivity index (χ1n) is 8.06. The quantitative estimate of drug-likeness (QED) is 0.602. The third kappa shape index (κ3) is 4.70. The standard InChI is InChI=1S/C18H18BrN5OS/c1-12-3-9-16(10-4-12)24-18(21-22-23-24)26-11-17(25)20-13(2)14-5-7-15(19)8-6-14/h3-10,13H,11H2,1-2H3,(H,20,25). The normalized spacial score (nSPS) is 12.0. The van der Waals surface area contributed by atoms with Gasteiger partial charge in [0, 0.05) is 4.47 Å². The average Bonchev–Trinajstić information content (AvgIpc) is 3.09. The van der Waals surface area contributed by atoms with Crippen molar-refractivity contribution in [2.24, 2.45) is 0 Å². The topological polar surface area (TPSA) is 72.7 Å². The molecule has 1 amide bonds. The highest BCUT2D eigenvalue weighted by atomic mass is 79.9. The minimum Gasteiger partial charge on any atom is -0.349 e. The molecular weight excluding hydrogens is 414 g/mol. The zero-order chi connectivity index (χ0) is 18.5. The molecule has 0 bridgehead atoms. The van der Waals surface area contributed by atoms with Crippen molar-refractivity contribution < 1.29 is 4.79 Å². The number of hydrogen-bond donors (Lipinski definition) is 1. The van der Waals surface area contributed by atoms with E-state index in [-0.39, 0.29) is 17.7 Å². The van der Waals surface area contributed by atoms with Gasteiger partial charge in [0.2, 0.25) is 11.1 Å². The summed E-state index contributed by atoms with van der Waals surface area (Å²) in [4.78, 5) is 12.3. The Labute approximate surface area is 164 Å². The van der Waals surface area contributed by atoms with Crippen molar-refractivity contribution in [3.8, 4) is 5.69 Å². The van der Waals surface area contributed by atoms with Crippen LogP contribution in [0.4, 0.5) is 0 Å². The summed E-state index contributed by atoms with van der Waals surface area (Å²) in [6.07, 6.45) is 0. The lowest BCUT2D eigenvalue weighted by Gasteiger charge is -2.14. The van der Waals surface area contributed by atoms with Gasteiger partial charge in [-0.3, -0.25) is 4.79 Å². The van der Waals surface area contributed by atoms with Crippen molar-refractivity contribution in [2.75, 3.05) is 5.75 Å². The van der Waals surface area contributed by atoms with E-state index in [2.05, 4.69) is 36.8 Å². The minimum absolute atomic E-state index is 0.0655. The molecule has 0 aliphatic heterocycles. The number of carbonyl (C=O) groups excluding carboxylic acids is 1. The fraction of sp³-hybridized carbons (Fsp3) is 0.222. The van der Waals surface area contributed by atoms with E-state index in [1.807, 2.05) is 62.4 Å². The molecule has 0 aliphatic carbocycles. The highest BCUT2D eigenvalue weighted by Crippen LogP contribution is 2.20. The molecule has 0 aliphatic rings. The number of halogens is 1. The van der Waals surface area contributed by atoms with E-state index < -0.39 is 0 Å². The summed E-state index contributed by atoms with van der Waals surface area (Å²) >= 11 is 4.72. The zero-order valence-electron chi connectivity index (χ0n) is 14.4. The SMILES string of the molecule is Cc1ccc(-n2nnnc2SCC(=O)NC(C)c2ccc(Br)cc2)cc1. The second-order valence-electron chi connectivity index (χ2n) is 5.84. The Morgan fingerprint density at radius 1 is 1.19 bits per heavy atom. The molecule has 1 N–H and O–H groups in total.